The monoisotopic (exact) mass is 440 g/mol. The lowest BCUT2D eigenvalue weighted by Crippen LogP contribution is -2.50. The number of allylic oxidation sites excluding steroid dienone is 1. The SMILES string of the molecule is COCC(=O)N1CCN(c2cc(C(=N)C3=CCC(OC4(C)CC4)CCC3=N)ncn2)CC1. The predicted octanol–water partition coefficient (Wildman–Crippen LogP) is 2.21. The summed E-state index contributed by atoms with van der Waals surface area (Å²) < 4.78 is 11.2. The van der Waals surface area contributed by atoms with E-state index in [1.54, 1.807) is 4.90 Å². The van der Waals surface area contributed by atoms with Gasteiger partial charge < -0.3 is 24.7 Å². The highest BCUT2D eigenvalue weighted by Crippen LogP contribution is 2.41. The van der Waals surface area contributed by atoms with E-state index in [1.807, 2.05) is 12.1 Å². The van der Waals surface area contributed by atoms with Crippen LogP contribution >= 0.6 is 0 Å². The number of rotatable bonds is 7. The van der Waals surface area contributed by atoms with Crippen molar-refractivity contribution in [2.24, 2.45) is 0 Å². The highest BCUT2D eigenvalue weighted by molar-refractivity contribution is 6.27. The molecule has 1 unspecified atom stereocenters. The lowest BCUT2D eigenvalue weighted by atomic mass is 10.0. The van der Waals surface area contributed by atoms with Crippen LogP contribution in [0.4, 0.5) is 5.82 Å². The second-order valence-corrected chi connectivity index (χ2v) is 9.00. The Morgan fingerprint density at radius 2 is 2.00 bits per heavy atom. The molecular weight excluding hydrogens is 408 g/mol. The quantitative estimate of drug-likeness (QED) is 0.628. The minimum absolute atomic E-state index is 0.00548. The summed E-state index contributed by atoms with van der Waals surface area (Å²) >= 11 is 0. The van der Waals surface area contributed by atoms with Crippen LogP contribution in [-0.2, 0) is 14.3 Å². The van der Waals surface area contributed by atoms with Gasteiger partial charge in [0.2, 0.25) is 5.91 Å². The van der Waals surface area contributed by atoms with Crippen molar-refractivity contribution in [3.05, 3.63) is 29.7 Å². The molecule has 1 aromatic heterocycles. The van der Waals surface area contributed by atoms with Crippen molar-refractivity contribution < 1.29 is 14.3 Å². The van der Waals surface area contributed by atoms with Crippen LogP contribution in [0.2, 0.25) is 0 Å². The normalized spacial score (nSPS) is 22.9. The first-order valence-corrected chi connectivity index (χ1v) is 11.3. The lowest BCUT2D eigenvalue weighted by Gasteiger charge is -2.35. The summed E-state index contributed by atoms with van der Waals surface area (Å²) in [4.78, 5) is 24.6. The average Bonchev–Trinajstić information content (AvgIpc) is 3.56. The number of nitrogens with one attached hydrogen (secondary N) is 2. The summed E-state index contributed by atoms with van der Waals surface area (Å²) in [7, 11) is 1.52. The van der Waals surface area contributed by atoms with E-state index < -0.39 is 0 Å². The van der Waals surface area contributed by atoms with Gasteiger partial charge in [0.1, 0.15) is 18.8 Å². The first kappa shape index (κ1) is 22.5. The third-order valence-electron chi connectivity index (χ3n) is 6.43. The molecule has 32 heavy (non-hydrogen) atoms. The summed E-state index contributed by atoms with van der Waals surface area (Å²) in [5.74, 6) is 0.733. The predicted molar refractivity (Wildman–Crippen MR) is 122 cm³/mol. The van der Waals surface area contributed by atoms with Crippen LogP contribution in [0.15, 0.2) is 24.0 Å². The van der Waals surface area contributed by atoms with Gasteiger partial charge in [-0.2, -0.15) is 0 Å². The van der Waals surface area contributed by atoms with E-state index in [4.69, 9.17) is 20.3 Å². The summed E-state index contributed by atoms with van der Waals surface area (Å²) in [5, 5.41) is 17.2. The van der Waals surface area contributed by atoms with Crippen LogP contribution < -0.4 is 4.90 Å². The first-order chi connectivity index (χ1) is 15.4. The van der Waals surface area contributed by atoms with Crippen LogP contribution in [0.25, 0.3) is 0 Å². The number of amides is 1. The summed E-state index contributed by atoms with van der Waals surface area (Å²) in [6, 6.07) is 1.81. The molecule has 0 radical (unpaired) electrons. The van der Waals surface area contributed by atoms with Gasteiger partial charge in [0.05, 0.1) is 23.1 Å². The van der Waals surface area contributed by atoms with Gasteiger partial charge in [-0.1, -0.05) is 6.08 Å². The van der Waals surface area contributed by atoms with Gasteiger partial charge in [-0.15, -0.1) is 0 Å². The van der Waals surface area contributed by atoms with E-state index in [2.05, 4.69) is 21.8 Å². The summed E-state index contributed by atoms with van der Waals surface area (Å²) in [6.45, 7) is 4.78. The topological polar surface area (TPSA) is 115 Å². The third-order valence-corrected chi connectivity index (χ3v) is 6.43. The number of carbonyl (C=O) groups is 1. The van der Waals surface area contributed by atoms with Crippen molar-refractivity contribution in [1.29, 1.82) is 10.8 Å². The molecule has 1 saturated heterocycles. The molecule has 2 aliphatic carbocycles. The first-order valence-electron chi connectivity index (χ1n) is 11.3. The maximum Gasteiger partial charge on any atom is 0.248 e. The van der Waals surface area contributed by atoms with E-state index in [1.165, 1.54) is 13.4 Å². The van der Waals surface area contributed by atoms with Crippen LogP contribution in [0.5, 0.6) is 0 Å². The Bertz CT molecular complexity index is 918. The summed E-state index contributed by atoms with van der Waals surface area (Å²) in [6.07, 6.45) is 7.88. The number of ether oxygens (including phenoxy) is 2. The van der Waals surface area contributed by atoms with Gasteiger partial charge in [-0.25, -0.2) is 9.97 Å². The molecule has 172 valence electrons. The molecule has 1 atom stereocenters. The fourth-order valence-corrected chi connectivity index (χ4v) is 4.18. The second-order valence-electron chi connectivity index (χ2n) is 9.00. The van der Waals surface area contributed by atoms with E-state index in [-0.39, 0.29) is 29.9 Å². The Morgan fingerprint density at radius 1 is 1.25 bits per heavy atom. The number of hydrogen-bond acceptors (Lipinski definition) is 8. The second kappa shape index (κ2) is 9.46. The number of piperazine rings is 1. The molecule has 1 aromatic rings. The van der Waals surface area contributed by atoms with Gasteiger partial charge in [0, 0.05) is 50.6 Å². The molecule has 1 aliphatic heterocycles. The van der Waals surface area contributed by atoms with Gasteiger partial charge in [0.15, 0.2) is 0 Å². The van der Waals surface area contributed by atoms with Crippen LogP contribution in [-0.4, -0.2) is 83.8 Å². The molecule has 1 saturated carbocycles. The molecule has 0 aromatic carbocycles. The molecule has 2 N–H and O–H groups in total. The zero-order valence-corrected chi connectivity index (χ0v) is 18.9. The zero-order valence-electron chi connectivity index (χ0n) is 18.9. The molecule has 4 rings (SSSR count). The van der Waals surface area contributed by atoms with Gasteiger partial charge in [0.25, 0.3) is 0 Å². The number of aromatic nitrogens is 2. The molecule has 9 nitrogen and oxygen atoms in total. The standard InChI is InChI=1S/C23H32N6O3/c1-23(7-8-23)32-16-3-5-17(18(24)6-4-16)22(25)19-13-20(27-15-26-19)28-9-11-29(12-10-28)21(30)14-31-2/h5,13,15-16,24-25H,3-4,6-12,14H2,1-2H3. The highest BCUT2D eigenvalue weighted by atomic mass is 16.5. The molecule has 3 aliphatic rings. The van der Waals surface area contributed by atoms with E-state index in [0.29, 0.717) is 56.0 Å². The number of anilines is 1. The van der Waals surface area contributed by atoms with E-state index >= 15 is 0 Å². The number of nitrogens with zero attached hydrogens (tertiary/aromatic N) is 4. The molecule has 0 spiro atoms. The summed E-state index contributed by atoms with van der Waals surface area (Å²) in [5.41, 5.74) is 1.88. The lowest BCUT2D eigenvalue weighted by molar-refractivity contribution is -0.135. The smallest absolute Gasteiger partial charge is 0.248 e. The Balaban J connectivity index is 1.42. The van der Waals surface area contributed by atoms with Crippen molar-refractivity contribution in [3.63, 3.8) is 0 Å². The minimum atomic E-state index is -0.00548. The van der Waals surface area contributed by atoms with Gasteiger partial charge in [-0.3, -0.25) is 10.2 Å². The molecular formula is C23H32N6O3. The fourth-order valence-electron chi connectivity index (χ4n) is 4.18. The molecule has 1 amide bonds. The number of carbonyl (C=O) groups excluding carboxylic acids is 1. The largest absolute Gasteiger partial charge is 0.375 e. The Labute approximate surface area is 188 Å². The third kappa shape index (κ3) is 5.21. The molecule has 2 heterocycles. The Kier molecular flexibility index (Phi) is 6.66. The highest BCUT2D eigenvalue weighted by Gasteiger charge is 2.40. The van der Waals surface area contributed by atoms with Gasteiger partial charge in [-0.05, 0) is 39.0 Å². The molecule has 2 fully saturated rings. The maximum absolute atomic E-state index is 12.0. The van der Waals surface area contributed by atoms with Crippen molar-refractivity contribution in [3.8, 4) is 0 Å². The van der Waals surface area contributed by atoms with Crippen LogP contribution in [0, 0.1) is 10.8 Å². The van der Waals surface area contributed by atoms with E-state index in [0.717, 1.165) is 25.1 Å². The Hall–Kier alpha value is -2.65. The average molecular weight is 441 g/mol. The van der Waals surface area contributed by atoms with Crippen molar-refractivity contribution in [1.82, 2.24) is 14.9 Å². The van der Waals surface area contributed by atoms with E-state index in [9.17, 15) is 4.79 Å². The fraction of sp³-hybridized carbons (Fsp3) is 0.609. The van der Waals surface area contributed by atoms with Gasteiger partial charge >= 0.3 is 0 Å². The van der Waals surface area contributed by atoms with Crippen LogP contribution in [0.1, 0.15) is 44.7 Å². The van der Waals surface area contributed by atoms with Crippen molar-refractivity contribution in [2.75, 3.05) is 44.8 Å². The van der Waals surface area contributed by atoms with Crippen LogP contribution in [0.3, 0.4) is 0 Å². The molecule has 0 bridgehead atoms. The maximum atomic E-state index is 12.0. The Morgan fingerprint density at radius 3 is 2.69 bits per heavy atom. The minimum Gasteiger partial charge on any atom is -0.375 e. The number of methoxy groups -OCH3 is 1. The molecule has 9 heteroatoms. The van der Waals surface area contributed by atoms with Crippen molar-refractivity contribution in [2.45, 2.75) is 50.7 Å². The number of hydrogen-bond donors (Lipinski definition) is 2. The zero-order chi connectivity index (χ0) is 22.7. The van der Waals surface area contributed by atoms with Crippen molar-refractivity contribution >= 4 is 23.1 Å².